The molecular formula is C19H36O5. The average molecular weight is 344 g/mol. The van der Waals surface area contributed by atoms with Crippen LogP contribution in [0.3, 0.4) is 0 Å². The maximum absolute atomic E-state index is 11.7. The Morgan fingerprint density at radius 2 is 1.38 bits per heavy atom. The van der Waals surface area contributed by atoms with Crippen molar-refractivity contribution in [2.24, 2.45) is 0 Å². The van der Waals surface area contributed by atoms with E-state index in [0.717, 1.165) is 25.9 Å². The SMILES string of the molecule is CCCCCOCCOCCOCCCC(=O)OC1CCCCC1. The first-order valence-electron chi connectivity index (χ1n) is 9.75. The van der Waals surface area contributed by atoms with Gasteiger partial charge in [0.1, 0.15) is 6.10 Å². The van der Waals surface area contributed by atoms with Crippen molar-refractivity contribution in [1.82, 2.24) is 0 Å². The van der Waals surface area contributed by atoms with E-state index in [0.29, 0.717) is 45.9 Å². The van der Waals surface area contributed by atoms with Crippen LogP contribution < -0.4 is 0 Å². The second kappa shape index (κ2) is 15.9. The first kappa shape index (κ1) is 21.4. The first-order chi connectivity index (χ1) is 11.8. The Labute approximate surface area is 147 Å². The molecule has 0 bridgehead atoms. The van der Waals surface area contributed by atoms with Crippen LogP contribution in [0, 0.1) is 0 Å². The van der Waals surface area contributed by atoms with E-state index in [2.05, 4.69) is 6.92 Å². The summed E-state index contributed by atoms with van der Waals surface area (Å²) in [5, 5.41) is 0. The van der Waals surface area contributed by atoms with E-state index in [1.807, 2.05) is 0 Å². The van der Waals surface area contributed by atoms with E-state index in [1.54, 1.807) is 0 Å². The molecule has 0 heterocycles. The predicted octanol–water partition coefficient (Wildman–Crippen LogP) is 3.88. The summed E-state index contributed by atoms with van der Waals surface area (Å²) in [6, 6.07) is 0. The Kier molecular flexibility index (Phi) is 14.1. The molecule has 5 heteroatoms. The van der Waals surface area contributed by atoms with E-state index < -0.39 is 0 Å². The maximum atomic E-state index is 11.7. The molecule has 24 heavy (non-hydrogen) atoms. The van der Waals surface area contributed by atoms with E-state index in [9.17, 15) is 4.79 Å². The highest BCUT2D eigenvalue weighted by Gasteiger charge is 2.17. The second-order valence-corrected chi connectivity index (χ2v) is 6.40. The van der Waals surface area contributed by atoms with Crippen molar-refractivity contribution >= 4 is 5.97 Å². The van der Waals surface area contributed by atoms with E-state index in [1.165, 1.54) is 32.1 Å². The number of esters is 1. The number of ether oxygens (including phenoxy) is 4. The van der Waals surface area contributed by atoms with Crippen LogP contribution in [0.15, 0.2) is 0 Å². The molecule has 0 saturated heterocycles. The summed E-state index contributed by atoms with van der Waals surface area (Å²) >= 11 is 0. The zero-order valence-electron chi connectivity index (χ0n) is 15.4. The minimum Gasteiger partial charge on any atom is -0.462 e. The second-order valence-electron chi connectivity index (χ2n) is 6.40. The number of rotatable bonds is 15. The van der Waals surface area contributed by atoms with Gasteiger partial charge in [-0.2, -0.15) is 0 Å². The van der Waals surface area contributed by atoms with Crippen LogP contribution in [-0.4, -0.2) is 51.7 Å². The minimum absolute atomic E-state index is 0.0815. The van der Waals surface area contributed by atoms with Crippen molar-refractivity contribution in [3.63, 3.8) is 0 Å². The van der Waals surface area contributed by atoms with Crippen LogP contribution in [0.2, 0.25) is 0 Å². The molecule has 5 nitrogen and oxygen atoms in total. The summed E-state index contributed by atoms with van der Waals surface area (Å²) in [6.45, 7) is 5.99. The molecule has 0 radical (unpaired) electrons. The van der Waals surface area contributed by atoms with Crippen LogP contribution in [0.1, 0.15) is 71.1 Å². The quantitative estimate of drug-likeness (QED) is 0.333. The van der Waals surface area contributed by atoms with Gasteiger partial charge in [0, 0.05) is 19.6 Å². The third-order valence-electron chi connectivity index (χ3n) is 4.16. The number of hydrogen-bond acceptors (Lipinski definition) is 5. The largest absolute Gasteiger partial charge is 0.462 e. The number of unbranched alkanes of at least 4 members (excludes halogenated alkanes) is 2. The zero-order chi connectivity index (χ0) is 17.3. The van der Waals surface area contributed by atoms with Gasteiger partial charge in [-0.3, -0.25) is 4.79 Å². The van der Waals surface area contributed by atoms with Crippen molar-refractivity contribution in [2.75, 3.05) is 39.6 Å². The number of hydrogen-bond donors (Lipinski definition) is 0. The summed E-state index contributed by atoms with van der Waals surface area (Å²) in [4.78, 5) is 11.7. The van der Waals surface area contributed by atoms with Gasteiger partial charge in [0.25, 0.3) is 0 Å². The molecule has 0 aromatic carbocycles. The Morgan fingerprint density at radius 1 is 0.792 bits per heavy atom. The fourth-order valence-electron chi connectivity index (χ4n) is 2.74. The molecule has 1 saturated carbocycles. The van der Waals surface area contributed by atoms with Crippen LogP contribution in [0.5, 0.6) is 0 Å². The molecular weight excluding hydrogens is 308 g/mol. The van der Waals surface area contributed by atoms with Crippen LogP contribution in [0.4, 0.5) is 0 Å². The Morgan fingerprint density at radius 3 is 2.00 bits per heavy atom. The van der Waals surface area contributed by atoms with Crippen molar-refractivity contribution in [3.8, 4) is 0 Å². The average Bonchev–Trinajstić information content (AvgIpc) is 2.60. The zero-order valence-corrected chi connectivity index (χ0v) is 15.4. The standard InChI is InChI=1S/C19H36O5/c1-2-3-7-12-21-14-16-23-17-15-22-13-8-11-19(20)24-18-9-5-4-6-10-18/h18H,2-17H2,1H3. The summed E-state index contributed by atoms with van der Waals surface area (Å²) in [7, 11) is 0. The maximum Gasteiger partial charge on any atom is 0.306 e. The van der Waals surface area contributed by atoms with Gasteiger partial charge in [-0.15, -0.1) is 0 Å². The lowest BCUT2D eigenvalue weighted by atomic mass is 9.98. The molecule has 1 rings (SSSR count). The Hall–Kier alpha value is -0.650. The van der Waals surface area contributed by atoms with Gasteiger partial charge >= 0.3 is 5.97 Å². The lowest BCUT2D eigenvalue weighted by molar-refractivity contribution is -0.150. The van der Waals surface area contributed by atoms with E-state index >= 15 is 0 Å². The van der Waals surface area contributed by atoms with Gasteiger partial charge in [0.2, 0.25) is 0 Å². The van der Waals surface area contributed by atoms with Crippen LogP contribution in [0.25, 0.3) is 0 Å². The summed E-state index contributed by atoms with van der Waals surface area (Å²) < 4.78 is 21.8. The molecule has 0 N–H and O–H groups in total. The van der Waals surface area contributed by atoms with Crippen molar-refractivity contribution in [2.45, 2.75) is 77.2 Å². The van der Waals surface area contributed by atoms with E-state index in [-0.39, 0.29) is 12.1 Å². The molecule has 142 valence electrons. The lowest BCUT2D eigenvalue weighted by Crippen LogP contribution is -2.21. The third-order valence-corrected chi connectivity index (χ3v) is 4.16. The molecule has 1 fully saturated rings. The molecule has 0 aromatic rings. The fourth-order valence-corrected chi connectivity index (χ4v) is 2.74. The Balaban J connectivity index is 1.76. The molecule has 1 aliphatic carbocycles. The smallest absolute Gasteiger partial charge is 0.306 e. The lowest BCUT2D eigenvalue weighted by Gasteiger charge is -2.21. The van der Waals surface area contributed by atoms with Crippen molar-refractivity contribution < 1.29 is 23.7 Å². The van der Waals surface area contributed by atoms with Gasteiger partial charge in [-0.25, -0.2) is 0 Å². The van der Waals surface area contributed by atoms with Gasteiger partial charge in [0.15, 0.2) is 0 Å². The van der Waals surface area contributed by atoms with E-state index in [4.69, 9.17) is 18.9 Å². The summed E-state index contributed by atoms with van der Waals surface area (Å²) in [5.41, 5.74) is 0. The number of carbonyl (C=O) groups excluding carboxylic acids is 1. The first-order valence-corrected chi connectivity index (χ1v) is 9.75. The summed E-state index contributed by atoms with van der Waals surface area (Å²) in [5.74, 6) is -0.0815. The Bertz CT molecular complexity index is 289. The number of carbonyl (C=O) groups is 1. The molecule has 0 aliphatic heterocycles. The highest BCUT2D eigenvalue weighted by molar-refractivity contribution is 5.69. The predicted molar refractivity (Wildman–Crippen MR) is 94.2 cm³/mol. The van der Waals surface area contributed by atoms with Gasteiger partial charge in [0.05, 0.1) is 26.4 Å². The molecule has 0 aromatic heterocycles. The fraction of sp³-hybridized carbons (Fsp3) is 0.947. The van der Waals surface area contributed by atoms with Gasteiger partial charge < -0.3 is 18.9 Å². The minimum atomic E-state index is -0.0815. The van der Waals surface area contributed by atoms with Gasteiger partial charge in [-0.05, 0) is 38.5 Å². The van der Waals surface area contributed by atoms with Crippen molar-refractivity contribution in [1.29, 1.82) is 0 Å². The molecule has 0 unspecified atom stereocenters. The molecule has 1 aliphatic rings. The summed E-state index contributed by atoms with van der Waals surface area (Å²) in [6.07, 6.45) is 10.6. The normalized spacial score (nSPS) is 15.5. The molecule has 0 atom stereocenters. The highest BCUT2D eigenvalue weighted by atomic mass is 16.5. The molecule has 0 spiro atoms. The van der Waals surface area contributed by atoms with Crippen molar-refractivity contribution in [3.05, 3.63) is 0 Å². The topological polar surface area (TPSA) is 54.0 Å². The van der Waals surface area contributed by atoms with Gasteiger partial charge in [-0.1, -0.05) is 26.2 Å². The van der Waals surface area contributed by atoms with Crippen LogP contribution in [-0.2, 0) is 23.7 Å². The monoisotopic (exact) mass is 344 g/mol. The van der Waals surface area contributed by atoms with Crippen LogP contribution >= 0.6 is 0 Å². The highest BCUT2D eigenvalue weighted by Crippen LogP contribution is 2.20. The third kappa shape index (κ3) is 12.7. The molecule has 0 amide bonds.